The lowest BCUT2D eigenvalue weighted by Crippen LogP contribution is -2.46. The highest BCUT2D eigenvalue weighted by Crippen LogP contribution is 2.21. The van der Waals surface area contributed by atoms with E-state index < -0.39 is 5.60 Å². The number of likely N-dealkylation sites (tertiary alicyclic amines) is 1. The summed E-state index contributed by atoms with van der Waals surface area (Å²) >= 11 is 0. The average Bonchev–Trinajstić information content (AvgIpc) is 2.53. The Kier molecular flexibility index (Phi) is 9.03. The number of carbonyl (C=O) groups excluding carboxylic acids is 1. The van der Waals surface area contributed by atoms with Crippen molar-refractivity contribution in [3.8, 4) is 0 Å². The van der Waals surface area contributed by atoms with E-state index in [0.717, 1.165) is 44.9 Å². The van der Waals surface area contributed by atoms with Crippen molar-refractivity contribution in [2.24, 2.45) is 10.9 Å². The molecule has 1 fully saturated rings. The normalized spacial score (nSPS) is 20.2. The van der Waals surface area contributed by atoms with Crippen LogP contribution in [0.15, 0.2) is 4.99 Å². The fourth-order valence-corrected chi connectivity index (χ4v) is 2.91. The quantitative estimate of drug-likeness (QED) is 0.564. The Bertz CT molecular complexity index is 435. The zero-order valence-corrected chi connectivity index (χ0v) is 16.7. The van der Waals surface area contributed by atoms with E-state index in [2.05, 4.69) is 22.5 Å². The van der Waals surface area contributed by atoms with E-state index in [1.165, 1.54) is 0 Å². The van der Waals surface area contributed by atoms with Gasteiger partial charge in [-0.25, -0.2) is 4.79 Å². The van der Waals surface area contributed by atoms with Crippen molar-refractivity contribution < 1.29 is 14.3 Å². The molecule has 1 heterocycles. The van der Waals surface area contributed by atoms with E-state index in [9.17, 15) is 4.79 Å². The lowest BCUT2D eigenvalue weighted by Gasteiger charge is -2.34. The lowest BCUT2D eigenvalue weighted by molar-refractivity contribution is 0.0162. The molecule has 0 aromatic rings. The first-order valence-electron chi connectivity index (χ1n) is 9.19. The van der Waals surface area contributed by atoms with Crippen LogP contribution in [0.25, 0.3) is 0 Å². The molecule has 7 heteroatoms. The Morgan fingerprint density at radius 2 is 2.12 bits per heavy atom. The predicted molar refractivity (Wildman–Crippen MR) is 101 cm³/mol. The summed E-state index contributed by atoms with van der Waals surface area (Å²) in [6.45, 7) is 10.8. The third kappa shape index (κ3) is 8.95. The Morgan fingerprint density at radius 1 is 1.40 bits per heavy atom. The van der Waals surface area contributed by atoms with Crippen LogP contribution in [0.4, 0.5) is 4.79 Å². The minimum Gasteiger partial charge on any atom is -0.444 e. The number of rotatable bonds is 6. The number of methoxy groups -OCH3 is 1. The van der Waals surface area contributed by atoms with Gasteiger partial charge < -0.3 is 25.0 Å². The smallest absolute Gasteiger partial charge is 0.410 e. The van der Waals surface area contributed by atoms with Gasteiger partial charge in [0, 0.05) is 39.8 Å². The molecule has 0 radical (unpaired) electrons. The Balaban J connectivity index is 2.36. The molecular formula is C18H36N4O3. The Labute approximate surface area is 152 Å². The highest BCUT2D eigenvalue weighted by atomic mass is 16.6. The molecule has 2 N–H and O–H groups in total. The number of ether oxygens (including phenoxy) is 2. The van der Waals surface area contributed by atoms with Crippen molar-refractivity contribution in [2.75, 3.05) is 40.4 Å². The summed E-state index contributed by atoms with van der Waals surface area (Å²) in [6, 6.07) is 0.202. The van der Waals surface area contributed by atoms with Gasteiger partial charge in [-0.2, -0.15) is 0 Å². The molecule has 0 aliphatic carbocycles. The molecule has 1 rings (SSSR count). The molecule has 0 aromatic heterocycles. The monoisotopic (exact) mass is 356 g/mol. The van der Waals surface area contributed by atoms with Crippen molar-refractivity contribution in [2.45, 2.75) is 58.6 Å². The highest BCUT2D eigenvalue weighted by Gasteiger charge is 2.27. The van der Waals surface area contributed by atoms with Crippen LogP contribution in [-0.4, -0.2) is 69.0 Å². The van der Waals surface area contributed by atoms with Crippen LogP contribution in [0.1, 0.15) is 47.0 Å². The lowest BCUT2D eigenvalue weighted by atomic mass is 9.95. The van der Waals surface area contributed by atoms with E-state index in [4.69, 9.17) is 9.47 Å². The summed E-state index contributed by atoms with van der Waals surface area (Å²) in [6.07, 6.45) is 2.98. The highest BCUT2D eigenvalue weighted by molar-refractivity contribution is 5.79. The third-order valence-corrected chi connectivity index (χ3v) is 4.04. The average molecular weight is 357 g/mol. The molecule has 25 heavy (non-hydrogen) atoms. The van der Waals surface area contributed by atoms with E-state index in [1.807, 2.05) is 25.7 Å². The minimum absolute atomic E-state index is 0.198. The number of aliphatic imine (C=N–C) groups is 1. The van der Waals surface area contributed by atoms with E-state index in [-0.39, 0.29) is 12.1 Å². The van der Waals surface area contributed by atoms with Crippen LogP contribution in [0.5, 0.6) is 0 Å². The topological polar surface area (TPSA) is 75.2 Å². The van der Waals surface area contributed by atoms with Gasteiger partial charge in [-0.15, -0.1) is 0 Å². The van der Waals surface area contributed by atoms with Crippen molar-refractivity contribution in [3.63, 3.8) is 0 Å². The maximum atomic E-state index is 12.2. The number of nitrogens with zero attached hydrogens (tertiary/aromatic N) is 2. The van der Waals surface area contributed by atoms with Crippen molar-refractivity contribution in [3.05, 3.63) is 0 Å². The molecule has 1 amide bonds. The largest absolute Gasteiger partial charge is 0.444 e. The summed E-state index contributed by atoms with van der Waals surface area (Å²) in [4.78, 5) is 18.3. The van der Waals surface area contributed by atoms with Gasteiger partial charge in [0.15, 0.2) is 5.96 Å². The van der Waals surface area contributed by atoms with Crippen molar-refractivity contribution in [1.82, 2.24) is 15.5 Å². The van der Waals surface area contributed by atoms with Crippen LogP contribution >= 0.6 is 0 Å². The summed E-state index contributed by atoms with van der Waals surface area (Å²) in [5.74, 6) is 1.27. The molecule has 146 valence electrons. The van der Waals surface area contributed by atoms with Crippen LogP contribution in [0, 0.1) is 5.92 Å². The van der Waals surface area contributed by atoms with Crippen molar-refractivity contribution >= 4 is 12.1 Å². The Hall–Kier alpha value is -1.50. The van der Waals surface area contributed by atoms with Crippen LogP contribution < -0.4 is 10.6 Å². The van der Waals surface area contributed by atoms with Crippen LogP contribution in [-0.2, 0) is 9.47 Å². The van der Waals surface area contributed by atoms with Gasteiger partial charge in [0.05, 0.1) is 6.61 Å². The van der Waals surface area contributed by atoms with Gasteiger partial charge in [-0.05, 0) is 52.9 Å². The minimum atomic E-state index is -0.442. The summed E-state index contributed by atoms with van der Waals surface area (Å²) in [7, 11) is 3.45. The molecule has 0 saturated carbocycles. The van der Waals surface area contributed by atoms with E-state index in [0.29, 0.717) is 12.5 Å². The number of piperidine rings is 1. The molecule has 2 atom stereocenters. The summed E-state index contributed by atoms with van der Waals surface area (Å²) < 4.78 is 10.6. The first kappa shape index (κ1) is 21.5. The van der Waals surface area contributed by atoms with Crippen molar-refractivity contribution in [1.29, 1.82) is 0 Å². The molecule has 0 bridgehead atoms. The number of hydrogen-bond donors (Lipinski definition) is 2. The fourth-order valence-electron chi connectivity index (χ4n) is 2.91. The molecule has 1 aliphatic heterocycles. The second kappa shape index (κ2) is 10.5. The van der Waals surface area contributed by atoms with Gasteiger partial charge in [0.25, 0.3) is 0 Å². The maximum Gasteiger partial charge on any atom is 0.410 e. The standard InChI is InChI=1S/C18H36N4O3/c1-14(13-24-6)21-16(19-5)20-10-9-15-8-7-11-22(12-15)17(23)25-18(2,3)4/h14-15H,7-13H2,1-6H3,(H2,19,20,21). The predicted octanol–water partition coefficient (Wildman–Crippen LogP) is 2.22. The first-order chi connectivity index (χ1) is 11.7. The van der Waals surface area contributed by atoms with Gasteiger partial charge in [-0.3, -0.25) is 4.99 Å². The molecule has 0 aromatic carbocycles. The third-order valence-electron chi connectivity index (χ3n) is 4.04. The second-order valence-electron chi connectivity index (χ2n) is 7.72. The fraction of sp³-hybridized carbons (Fsp3) is 0.889. The number of amides is 1. The molecule has 7 nitrogen and oxygen atoms in total. The zero-order chi connectivity index (χ0) is 18.9. The SMILES string of the molecule is CN=C(NCCC1CCCN(C(=O)OC(C)(C)C)C1)NC(C)COC. The number of carbonyl (C=O) groups is 1. The van der Waals surface area contributed by atoms with Crippen LogP contribution in [0.2, 0.25) is 0 Å². The van der Waals surface area contributed by atoms with E-state index in [1.54, 1.807) is 14.2 Å². The molecular weight excluding hydrogens is 320 g/mol. The number of nitrogens with one attached hydrogen (secondary N) is 2. The molecule has 1 aliphatic rings. The second-order valence-corrected chi connectivity index (χ2v) is 7.72. The summed E-state index contributed by atoms with van der Waals surface area (Å²) in [5, 5.41) is 6.62. The molecule has 1 saturated heterocycles. The zero-order valence-electron chi connectivity index (χ0n) is 16.7. The maximum absolute atomic E-state index is 12.2. The van der Waals surface area contributed by atoms with E-state index >= 15 is 0 Å². The summed E-state index contributed by atoms with van der Waals surface area (Å²) in [5.41, 5.74) is -0.442. The number of hydrogen-bond acceptors (Lipinski definition) is 4. The van der Waals surface area contributed by atoms with Gasteiger partial charge in [-0.1, -0.05) is 0 Å². The molecule has 0 spiro atoms. The van der Waals surface area contributed by atoms with Gasteiger partial charge in [0.2, 0.25) is 0 Å². The van der Waals surface area contributed by atoms with Gasteiger partial charge >= 0.3 is 6.09 Å². The number of guanidine groups is 1. The molecule has 2 unspecified atom stereocenters. The van der Waals surface area contributed by atoms with Gasteiger partial charge in [0.1, 0.15) is 5.60 Å². The first-order valence-corrected chi connectivity index (χ1v) is 9.19. The van der Waals surface area contributed by atoms with Crippen LogP contribution in [0.3, 0.4) is 0 Å². The Morgan fingerprint density at radius 3 is 2.72 bits per heavy atom.